The molecule has 3 nitrogen and oxygen atoms in total. The quantitative estimate of drug-likeness (QED) is 0.831. The van der Waals surface area contributed by atoms with Crippen LogP contribution in [0.1, 0.15) is 43.1 Å². The number of fused-ring (bicyclic) bond motifs is 1. The maximum Gasteiger partial charge on any atom is 0.122 e. The molecule has 0 radical (unpaired) electrons. The fraction of sp³-hybridized carbons (Fsp3) is 0.471. The second kappa shape index (κ2) is 5.06. The van der Waals surface area contributed by atoms with E-state index in [4.69, 9.17) is 0 Å². The van der Waals surface area contributed by atoms with Gasteiger partial charge in [0.2, 0.25) is 0 Å². The third-order valence-electron chi connectivity index (χ3n) is 4.87. The van der Waals surface area contributed by atoms with Crippen molar-refractivity contribution in [3.05, 3.63) is 54.1 Å². The molecule has 1 saturated carbocycles. The van der Waals surface area contributed by atoms with E-state index < -0.39 is 0 Å². The van der Waals surface area contributed by atoms with E-state index >= 15 is 0 Å². The zero-order valence-electron chi connectivity index (χ0n) is 11.8. The first-order valence-electron chi connectivity index (χ1n) is 7.72. The lowest BCUT2D eigenvalue weighted by Crippen LogP contribution is -2.42. The molecule has 0 saturated heterocycles. The van der Waals surface area contributed by atoms with Crippen LogP contribution in [0, 0.1) is 0 Å². The molecule has 3 heteroatoms. The monoisotopic (exact) mass is 267 g/mol. The van der Waals surface area contributed by atoms with Crippen LogP contribution in [-0.4, -0.2) is 20.5 Å². The predicted molar refractivity (Wildman–Crippen MR) is 79.2 cm³/mol. The summed E-state index contributed by atoms with van der Waals surface area (Å²) in [4.78, 5) is 7.23. The van der Waals surface area contributed by atoms with Crippen molar-refractivity contribution in [1.29, 1.82) is 0 Å². The Kier molecular flexibility index (Phi) is 3.07. The first kappa shape index (κ1) is 12.2. The van der Waals surface area contributed by atoms with Crippen LogP contribution in [0.4, 0.5) is 0 Å². The number of benzene rings is 1. The van der Waals surface area contributed by atoms with Crippen LogP contribution in [0.5, 0.6) is 0 Å². The van der Waals surface area contributed by atoms with Gasteiger partial charge in [0, 0.05) is 25.0 Å². The van der Waals surface area contributed by atoms with Gasteiger partial charge in [0.1, 0.15) is 5.82 Å². The molecule has 2 heterocycles. The third kappa shape index (κ3) is 2.06. The van der Waals surface area contributed by atoms with Crippen molar-refractivity contribution in [2.45, 2.75) is 50.9 Å². The molecule has 0 spiro atoms. The molecule has 20 heavy (non-hydrogen) atoms. The maximum absolute atomic E-state index is 4.53. The molecule has 1 fully saturated rings. The Hall–Kier alpha value is -1.61. The Bertz CT molecular complexity index is 569. The average Bonchev–Trinajstić information content (AvgIpc) is 3.17. The highest BCUT2D eigenvalue weighted by Crippen LogP contribution is 2.35. The molecule has 1 aromatic heterocycles. The van der Waals surface area contributed by atoms with Gasteiger partial charge < -0.3 is 4.57 Å². The summed E-state index contributed by atoms with van der Waals surface area (Å²) in [6.07, 6.45) is 9.54. The van der Waals surface area contributed by atoms with Crippen LogP contribution < -0.4 is 0 Å². The first-order valence-corrected chi connectivity index (χ1v) is 7.72. The van der Waals surface area contributed by atoms with E-state index in [1.54, 1.807) is 0 Å². The molecule has 2 aliphatic rings. The van der Waals surface area contributed by atoms with Gasteiger partial charge in [-0.25, -0.2) is 4.98 Å². The highest BCUT2D eigenvalue weighted by Gasteiger charge is 2.33. The largest absolute Gasteiger partial charge is 0.332 e. The fourth-order valence-corrected chi connectivity index (χ4v) is 3.81. The second-order valence-electron chi connectivity index (χ2n) is 6.03. The fourth-order valence-electron chi connectivity index (χ4n) is 3.81. The van der Waals surface area contributed by atoms with Crippen molar-refractivity contribution in [3.63, 3.8) is 0 Å². The SMILES string of the molecule is c1ccc([C@@H]2Cn3ccnc3CN2C2CCCC2)cc1. The smallest absolute Gasteiger partial charge is 0.122 e. The molecule has 2 aromatic rings. The van der Waals surface area contributed by atoms with Gasteiger partial charge in [0.15, 0.2) is 0 Å². The third-order valence-corrected chi connectivity index (χ3v) is 4.87. The Labute approximate surface area is 120 Å². The van der Waals surface area contributed by atoms with Gasteiger partial charge in [-0.1, -0.05) is 43.2 Å². The number of rotatable bonds is 2. The van der Waals surface area contributed by atoms with Crippen LogP contribution >= 0.6 is 0 Å². The van der Waals surface area contributed by atoms with Crippen molar-refractivity contribution in [3.8, 4) is 0 Å². The summed E-state index contributed by atoms with van der Waals surface area (Å²) < 4.78 is 2.32. The Balaban J connectivity index is 1.70. The highest BCUT2D eigenvalue weighted by molar-refractivity contribution is 5.21. The number of hydrogen-bond acceptors (Lipinski definition) is 2. The lowest BCUT2D eigenvalue weighted by Gasteiger charge is -2.40. The van der Waals surface area contributed by atoms with Gasteiger partial charge in [-0.05, 0) is 18.4 Å². The minimum Gasteiger partial charge on any atom is -0.332 e. The predicted octanol–water partition coefficient (Wildman–Crippen LogP) is 3.38. The Morgan fingerprint density at radius 3 is 2.65 bits per heavy atom. The van der Waals surface area contributed by atoms with Gasteiger partial charge >= 0.3 is 0 Å². The van der Waals surface area contributed by atoms with Crippen LogP contribution in [0.3, 0.4) is 0 Å². The van der Waals surface area contributed by atoms with Crippen LogP contribution in [0.2, 0.25) is 0 Å². The second-order valence-corrected chi connectivity index (χ2v) is 6.03. The molecule has 1 aliphatic heterocycles. The molecule has 0 unspecified atom stereocenters. The van der Waals surface area contributed by atoms with Crippen LogP contribution in [-0.2, 0) is 13.1 Å². The summed E-state index contributed by atoms with van der Waals surface area (Å²) >= 11 is 0. The molecule has 104 valence electrons. The standard InChI is InChI=1S/C17H21N3/c1-2-6-14(7-3-1)16-12-19-11-10-18-17(19)13-20(16)15-8-4-5-9-15/h1-3,6-7,10-11,15-16H,4-5,8-9,12-13H2/t16-/m0/s1. The number of nitrogens with zero attached hydrogens (tertiary/aromatic N) is 3. The Morgan fingerprint density at radius 2 is 1.85 bits per heavy atom. The van der Waals surface area contributed by atoms with Crippen molar-refractivity contribution in [2.75, 3.05) is 0 Å². The van der Waals surface area contributed by atoms with Crippen molar-refractivity contribution < 1.29 is 0 Å². The van der Waals surface area contributed by atoms with E-state index in [-0.39, 0.29) is 0 Å². The minimum atomic E-state index is 0.501. The lowest BCUT2D eigenvalue weighted by atomic mass is 10.0. The van der Waals surface area contributed by atoms with E-state index in [2.05, 4.69) is 51.0 Å². The molecule has 0 amide bonds. The van der Waals surface area contributed by atoms with Crippen molar-refractivity contribution in [1.82, 2.24) is 14.5 Å². The van der Waals surface area contributed by atoms with Crippen molar-refractivity contribution in [2.24, 2.45) is 0 Å². The normalized spacial score (nSPS) is 23.9. The molecule has 0 bridgehead atoms. The summed E-state index contributed by atoms with van der Waals surface area (Å²) in [7, 11) is 0. The topological polar surface area (TPSA) is 21.1 Å². The molecule has 1 aromatic carbocycles. The molecule has 0 N–H and O–H groups in total. The molecule has 1 aliphatic carbocycles. The summed E-state index contributed by atoms with van der Waals surface area (Å²) in [6.45, 7) is 2.03. The van der Waals surface area contributed by atoms with Gasteiger partial charge in [-0.2, -0.15) is 0 Å². The molecule has 1 atom stereocenters. The zero-order valence-corrected chi connectivity index (χ0v) is 11.8. The average molecular weight is 267 g/mol. The van der Waals surface area contributed by atoms with E-state index in [9.17, 15) is 0 Å². The Morgan fingerprint density at radius 1 is 1.05 bits per heavy atom. The van der Waals surface area contributed by atoms with Gasteiger partial charge in [0.05, 0.1) is 12.6 Å². The maximum atomic E-state index is 4.53. The molecular weight excluding hydrogens is 246 g/mol. The van der Waals surface area contributed by atoms with Gasteiger partial charge in [-0.15, -0.1) is 0 Å². The number of imidazole rings is 1. The van der Waals surface area contributed by atoms with Crippen molar-refractivity contribution >= 4 is 0 Å². The molecular formula is C17H21N3. The zero-order chi connectivity index (χ0) is 13.4. The summed E-state index contributed by atoms with van der Waals surface area (Å²) in [6, 6.07) is 12.2. The van der Waals surface area contributed by atoms with E-state index in [0.29, 0.717) is 6.04 Å². The highest BCUT2D eigenvalue weighted by atomic mass is 15.3. The van der Waals surface area contributed by atoms with Crippen LogP contribution in [0.15, 0.2) is 42.7 Å². The summed E-state index contributed by atoms with van der Waals surface area (Å²) in [5.74, 6) is 1.23. The summed E-state index contributed by atoms with van der Waals surface area (Å²) in [5, 5.41) is 0. The number of aromatic nitrogens is 2. The number of hydrogen-bond donors (Lipinski definition) is 0. The van der Waals surface area contributed by atoms with E-state index in [0.717, 1.165) is 19.1 Å². The van der Waals surface area contributed by atoms with E-state index in [1.165, 1.54) is 37.1 Å². The lowest BCUT2D eigenvalue weighted by molar-refractivity contribution is 0.0857. The summed E-state index contributed by atoms with van der Waals surface area (Å²) in [5.41, 5.74) is 1.44. The van der Waals surface area contributed by atoms with Gasteiger partial charge in [-0.3, -0.25) is 4.90 Å². The van der Waals surface area contributed by atoms with Gasteiger partial charge in [0.25, 0.3) is 0 Å². The van der Waals surface area contributed by atoms with E-state index in [1.807, 2.05) is 6.20 Å². The first-order chi connectivity index (χ1) is 9.92. The molecule has 4 rings (SSSR count). The minimum absolute atomic E-state index is 0.501. The van der Waals surface area contributed by atoms with Crippen LogP contribution in [0.25, 0.3) is 0 Å².